The lowest BCUT2D eigenvalue weighted by Crippen LogP contribution is -2.44. The topological polar surface area (TPSA) is 140 Å². The fourth-order valence-corrected chi connectivity index (χ4v) is 1.93. The van der Waals surface area contributed by atoms with Crippen LogP contribution in [0.1, 0.15) is 15.9 Å². The lowest BCUT2D eigenvalue weighted by molar-refractivity contribution is -0.146. The van der Waals surface area contributed by atoms with Crippen molar-refractivity contribution in [2.24, 2.45) is 16.5 Å². The predicted octanol–water partition coefficient (Wildman–Crippen LogP) is 1.12. The van der Waals surface area contributed by atoms with E-state index in [1.54, 1.807) is 24.3 Å². The fourth-order valence-electron chi connectivity index (χ4n) is 1.93. The number of rotatable bonds is 6. The van der Waals surface area contributed by atoms with Crippen molar-refractivity contribution >= 4 is 23.5 Å². The third-order valence-corrected chi connectivity index (χ3v) is 3.15. The molecule has 25 heavy (non-hydrogen) atoms. The molecule has 1 unspecified atom stereocenters. The van der Waals surface area contributed by atoms with Gasteiger partial charge in [0.1, 0.15) is 5.75 Å². The highest BCUT2D eigenvalue weighted by molar-refractivity contribution is 5.96. The van der Waals surface area contributed by atoms with Crippen molar-refractivity contribution in [1.82, 2.24) is 5.32 Å². The smallest absolute Gasteiger partial charge is 0.366 e. The number of amides is 1. The Hall–Kier alpha value is -3.55. The molecule has 0 aliphatic heterocycles. The van der Waals surface area contributed by atoms with E-state index in [9.17, 15) is 14.7 Å². The zero-order valence-electron chi connectivity index (χ0n) is 13.5. The van der Waals surface area contributed by atoms with Crippen LogP contribution in [0.2, 0.25) is 0 Å². The number of aryl methyl sites for hydroxylation is 1. The molecule has 8 heteroatoms. The van der Waals surface area contributed by atoms with Gasteiger partial charge < -0.3 is 26.6 Å². The molecule has 8 nitrogen and oxygen atoms in total. The van der Waals surface area contributed by atoms with E-state index in [4.69, 9.17) is 16.2 Å². The molecule has 0 spiro atoms. The first-order valence-corrected chi connectivity index (χ1v) is 7.32. The predicted molar refractivity (Wildman–Crippen MR) is 92.6 cm³/mol. The number of hydrogen-bond donors (Lipinski definition) is 4. The van der Waals surface area contributed by atoms with Crippen LogP contribution in [0.5, 0.6) is 5.75 Å². The number of nitrogens with two attached hydrogens (primary N) is 2. The minimum absolute atomic E-state index is 0.102. The molecule has 0 saturated carbocycles. The van der Waals surface area contributed by atoms with Crippen molar-refractivity contribution in [1.29, 1.82) is 0 Å². The number of nitrogens with one attached hydrogen (secondary N) is 1. The van der Waals surface area contributed by atoms with Crippen molar-refractivity contribution in [3.63, 3.8) is 0 Å². The molecule has 1 amide bonds. The zero-order chi connectivity index (χ0) is 18.4. The first-order valence-electron chi connectivity index (χ1n) is 7.32. The number of carbonyl (C=O) groups is 2. The van der Waals surface area contributed by atoms with Crippen LogP contribution in [0.15, 0.2) is 53.5 Å². The van der Waals surface area contributed by atoms with Crippen LogP contribution in [-0.2, 0) is 4.79 Å². The molecule has 0 heterocycles. The van der Waals surface area contributed by atoms with E-state index >= 15 is 0 Å². The molecule has 1 atom stereocenters. The fraction of sp³-hybridized carbons (Fsp3) is 0.118. The van der Waals surface area contributed by atoms with Gasteiger partial charge in [-0.05, 0) is 43.3 Å². The van der Waals surface area contributed by atoms with E-state index in [0.717, 1.165) is 5.56 Å². The maximum absolute atomic E-state index is 12.2. The summed E-state index contributed by atoms with van der Waals surface area (Å²) in [7, 11) is 0. The molecule has 0 aromatic heterocycles. The molecule has 0 aliphatic rings. The standard InChI is InChI=1S/C17H18N4O4/c1-10-2-8-13(9-3-10)25-15(16(23)24)21-14(22)11-4-6-12(7-5-11)20-17(18)19/h2-9,15H,1H3,(H,21,22)(H,23,24)(H4,18,19,20). The summed E-state index contributed by atoms with van der Waals surface area (Å²) in [6.45, 7) is 1.90. The van der Waals surface area contributed by atoms with Crippen LogP contribution in [0.4, 0.5) is 5.69 Å². The lowest BCUT2D eigenvalue weighted by atomic mass is 10.2. The number of guanidine groups is 1. The van der Waals surface area contributed by atoms with Gasteiger partial charge in [-0.1, -0.05) is 17.7 Å². The number of aliphatic carboxylic acids is 1. The van der Waals surface area contributed by atoms with E-state index < -0.39 is 18.1 Å². The Kier molecular flexibility index (Phi) is 5.57. The number of aliphatic imine (C=N–C) groups is 1. The normalized spacial score (nSPS) is 11.2. The Morgan fingerprint density at radius 3 is 2.20 bits per heavy atom. The molecular weight excluding hydrogens is 324 g/mol. The molecule has 2 rings (SSSR count). The van der Waals surface area contributed by atoms with Crippen LogP contribution in [0.25, 0.3) is 0 Å². The van der Waals surface area contributed by atoms with E-state index in [1.165, 1.54) is 24.3 Å². The second kappa shape index (κ2) is 7.82. The van der Waals surface area contributed by atoms with Gasteiger partial charge in [-0.3, -0.25) is 4.79 Å². The Balaban J connectivity index is 2.08. The number of benzene rings is 2. The highest BCUT2D eigenvalue weighted by atomic mass is 16.5. The summed E-state index contributed by atoms with van der Waals surface area (Å²) in [5, 5.41) is 11.6. The third-order valence-electron chi connectivity index (χ3n) is 3.15. The monoisotopic (exact) mass is 342 g/mol. The number of hydrogen-bond acceptors (Lipinski definition) is 4. The van der Waals surface area contributed by atoms with Crippen molar-refractivity contribution in [3.05, 3.63) is 59.7 Å². The van der Waals surface area contributed by atoms with E-state index in [-0.39, 0.29) is 11.5 Å². The molecule has 2 aromatic carbocycles. The molecule has 0 bridgehead atoms. The Morgan fingerprint density at radius 2 is 1.68 bits per heavy atom. The molecule has 0 aliphatic carbocycles. The minimum Gasteiger partial charge on any atom is -0.477 e. The number of carboxylic acids is 1. The molecule has 6 N–H and O–H groups in total. The van der Waals surface area contributed by atoms with Gasteiger partial charge in [0.2, 0.25) is 0 Å². The van der Waals surface area contributed by atoms with Gasteiger partial charge in [-0.2, -0.15) is 0 Å². The number of ether oxygens (including phenoxy) is 1. The summed E-state index contributed by atoms with van der Waals surface area (Å²) in [6.07, 6.45) is -1.52. The van der Waals surface area contributed by atoms with Gasteiger partial charge in [0.25, 0.3) is 12.1 Å². The first-order chi connectivity index (χ1) is 11.8. The third kappa shape index (κ3) is 5.24. The van der Waals surface area contributed by atoms with Gasteiger partial charge in [-0.15, -0.1) is 0 Å². The van der Waals surface area contributed by atoms with Crippen molar-refractivity contribution in [2.45, 2.75) is 13.2 Å². The number of carbonyl (C=O) groups excluding carboxylic acids is 1. The molecule has 0 radical (unpaired) electrons. The van der Waals surface area contributed by atoms with Gasteiger partial charge in [-0.25, -0.2) is 9.79 Å². The lowest BCUT2D eigenvalue weighted by Gasteiger charge is -2.16. The van der Waals surface area contributed by atoms with E-state index in [2.05, 4.69) is 10.3 Å². The van der Waals surface area contributed by atoms with E-state index in [0.29, 0.717) is 11.4 Å². The molecule has 0 fully saturated rings. The average molecular weight is 342 g/mol. The molecule has 0 saturated heterocycles. The van der Waals surface area contributed by atoms with Crippen molar-refractivity contribution in [3.8, 4) is 5.75 Å². The maximum atomic E-state index is 12.2. The summed E-state index contributed by atoms with van der Waals surface area (Å²) in [6, 6.07) is 12.8. The molecule has 130 valence electrons. The highest BCUT2D eigenvalue weighted by Gasteiger charge is 2.22. The van der Waals surface area contributed by atoms with Crippen molar-refractivity contribution < 1.29 is 19.4 Å². The Morgan fingerprint density at radius 1 is 1.08 bits per heavy atom. The van der Waals surface area contributed by atoms with Gasteiger partial charge in [0.15, 0.2) is 5.96 Å². The quantitative estimate of drug-likeness (QED) is 0.352. The largest absolute Gasteiger partial charge is 0.477 e. The van der Waals surface area contributed by atoms with E-state index in [1.807, 2.05) is 6.92 Å². The first kappa shape index (κ1) is 17.8. The number of nitrogens with zero attached hydrogens (tertiary/aromatic N) is 1. The second-order valence-electron chi connectivity index (χ2n) is 5.21. The number of carboxylic acid groups (broad SMARTS) is 1. The van der Waals surface area contributed by atoms with Gasteiger partial charge in [0.05, 0.1) is 5.69 Å². The van der Waals surface area contributed by atoms with Crippen molar-refractivity contribution in [2.75, 3.05) is 0 Å². The molecule has 2 aromatic rings. The maximum Gasteiger partial charge on any atom is 0.366 e. The Bertz CT molecular complexity index is 781. The highest BCUT2D eigenvalue weighted by Crippen LogP contribution is 2.15. The van der Waals surface area contributed by atoms with Crippen LogP contribution < -0.4 is 21.5 Å². The van der Waals surface area contributed by atoms with Crippen LogP contribution in [0.3, 0.4) is 0 Å². The minimum atomic E-state index is -1.52. The van der Waals surface area contributed by atoms with Gasteiger partial charge in [0, 0.05) is 5.56 Å². The summed E-state index contributed by atoms with van der Waals surface area (Å²) in [5.41, 5.74) is 12.3. The van der Waals surface area contributed by atoms with Gasteiger partial charge >= 0.3 is 5.97 Å². The van der Waals surface area contributed by atoms with Crippen LogP contribution >= 0.6 is 0 Å². The average Bonchev–Trinajstić information content (AvgIpc) is 2.56. The summed E-state index contributed by atoms with van der Waals surface area (Å²) >= 11 is 0. The Labute approximate surface area is 144 Å². The second-order valence-corrected chi connectivity index (χ2v) is 5.21. The van der Waals surface area contributed by atoms with Crippen LogP contribution in [-0.4, -0.2) is 29.2 Å². The summed E-state index contributed by atoms with van der Waals surface area (Å²) < 4.78 is 5.31. The SMILES string of the molecule is Cc1ccc(OC(NC(=O)c2ccc(N=C(N)N)cc2)C(=O)O)cc1. The van der Waals surface area contributed by atoms with Crippen LogP contribution in [0, 0.1) is 6.92 Å². The summed E-state index contributed by atoms with van der Waals surface area (Å²) in [4.78, 5) is 27.4. The summed E-state index contributed by atoms with van der Waals surface area (Å²) in [5.74, 6) is -1.68. The zero-order valence-corrected chi connectivity index (χ0v) is 13.5. The molecular formula is C17H18N4O4.